The number of hydrogen-bond donors (Lipinski definition) is 2. The van der Waals surface area contributed by atoms with Gasteiger partial charge in [-0.15, -0.1) is 0 Å². The van der Waals surface area contributed by atoms with Crippen molar-refractivity contribution in [1.29, 1.82) is 0 Å². The van der Waals surface area contributed by atoms with Crippen molar-refractivity contribution in [3.63, 3.8) is 0 Å². The van der Waals surface area contributed by atoms with Gasteiger partial charge in [-0.1, -0.05) is 31.5 Å². The Morgan fingerprint density at radius 1 is 1.41 bits per heavy atom. The molecule has 2 N–H and O–H groups in total. The molecule has 0 aliphatic carbocycles. The summed E-state index contributed by atoms with van der Waals surface area (Å²) in [5, 5.41) is 12.2. The highest BCUT2D eigenvalue weighted by Crippen LogP contribution is 2.32. The van der Waals surface area contributed by atoms with Crippen LogP contribution in [0.5, 0.6) is 0 Å². The van der Waals surface area contributed by atoms with Crippen LogP contribution in [0, 0.1) is 0 Å². The van der Waals surface area contributed by atoms with Crippen molar-refractivity contribution in [2.24, 2.45) is 0 Å². The largest absolute Gasteiger partial charge is 0.480 e. The summed E-state index contributed by atoms with van der Waals surface area (Å²) < 4.78 is 0. The number of aliphatic carboxylic acids is 1. The number of rotatable bonds is 6. The highest BCUT2D eigenvalue weighted by molar-refractivity contribution is 5.99. The van der Waals surface area contributed by atoms with Crippen molar-refractivity contribution in [1.82, 2.24) is 5.32 Å². The highest BCUT2D eigenvalue weighted by atomic mass is 16.4. The normalized spacial score (nSPS) is 19.6. The molecule has 1 aromatic carbocycles. The van der Waals surface area contributed by atoms with E-state index in [-0.39, 0.29) is 11.9 Å². The van der Waals surface area contributed by atoms with Crippen LogP contribution in [0.25, 0.3) is 0 Å². The molecule has 22 heavy (non-hydrogen) atoms. The van der Waals surface area contributed by atoms with Gasteiger partial charge in [-0.25, -0.2) is 0 Å². The molecule has 1 aliphatic heterocycles. The van der Waals surface area contributed by atoms with Crippen LogP contribution in [0.1, 0.15) is 39.2 Å². The van der Waals surface area contributed by atoms with Gasteiger partial charge in [0.2, 0.25) is 5.91 Å². The Morgan fingerprint density at radius 3 is 2.73 bits per heavy atom. The van der Waals surface area contributed by atoms with Crippen LogP contribution in [0.2, 0.25) is 0 Å². The van der Waals surface area contributed by atoms with E-state index in [0.717, 1.165) is 18.5 Å². The van der Waals surface area contributed by atoms with Crippen LogP contribution in [0.15, 0.2) is 24.3 Å². The average Bonchev–Trinajstić information content (AvgIpc) is 2.81. The molecule has 0 radical (unpaired) electrons. The van der Waals surface area contributed by atoms with E-state index in [1.54, 1.807) is 11.8 Å². The molecule has 0 fully saturated rings. The maximum absolute atomic E-state index is 12.8. The molecule has 0 saturated heterocycles. The molecule has 3 unspecified atom stereocenters. The molecular weight excluding hydrogens is 280 g/mol. The number of carbonyl (C=O) groups is 2. The number of carboxylic acids is 1. The van der Waals surface area contributed by atoms with E-state index in [0.29, 0.717) is 6.42 Å². The predicted octanol–water partition coefficient (Wildman–Crippen LogP) is 2.20. The molecule has 0 aromatic heterocycles. The van der Waals surface area contributed by atoms with Crippen LogP contribution in [-0.4, -0.2) is 35.1 Å². The van der Waals surface area contributed by atoms with Crippen molar-refractivity contribution >= 4 is 17.6 Å². The summed E-state index contributed by atoms with van der Waals surface area (Å²) in [6.45, 7) is 5.69. The number of nitrogens with one attached hydrogen (secondary N) is 1. The lowest BCUT2D eigenvalue weighted by molar-refractivity contribution is -0.140. The molecule has 1 heterocycles. The maximum Gasteiger partial charge on any atom is 0.320 e. The topological polar surface area (TPSA) is 69.6 Å². The fourth-order valence-corrected chi connectivity index (χ4v) is 3.05. The molecule has 3 atom stereocenters. The van der Waals surface area contributed by atoms with Crippen molar-refractivity contribution in [3.05, 3.63) is 29.8 Å². The maximum atomic E-state index is 12.8. The molecule has 1 aliphatic rings. The van der Waals surface area contributed by atoms with Crippen LogP contribution in [-0.2, 0) is 16.0 Å². The molecule has 0 saturated carbocycles. The fourth-order valence-electron chi connectivity index (χ4n) is 3.05. The molecule has 0 bridgehead atoms. The molecule has 5 nitrogen and oxygen atoms in total. The Labute approximate surface area is 131 Å². The Hall–Kier alpha value is -1.88. The van der Waals surface area contributed by atoms with Crippen molar-refractivity contribution in [2.75, 3.05) is 4.90 Å². The second-order valence-electron chi connectivity index (χ2n) is 5.96. The second kappa shape index (κ2) is 6.92. The minimum absolute atomic E-state index is 0.0696. The number of carbonyl (C=O) groups excluding carboxylic acids is 1. The molecule has 1 amide bonds. The Morgan fingerprint density at radius 2 is 2.09 bits per heavy atom. The van der Waals surface area contributed by atoms with Gasteiger partial charge in [0.05, 0.1) is 6.04 Å². The first-order valence-electron chi connectivity index (χ1n) is 7.85. The number of carboxylic acid groups (broad SMARTS) is 1. The SMILES string of the molecule is CCCC(NC(C)C(=O)N1c2ccccc2CC1C)C(=O)O. The first kappa shape index (κ1) is 16.5. The standard InChI is InChI=1S/C17H24N2O3/c1-4-7-14(17(21)22)18-12(3)16(20)19-11(2)10-13-8-5-6-9-15(13)19/h5-6,8-9,11-12,14,18H,4,7,10H2,1-3H3,(H,21,22). The summed E-state index contributed by atoms with van der Waals surface area (Å²) in [4.78, 5) is 25.8. The molecule has 120 valence electrons. The second-order valence-corrected chi connectivity index (χ2v) is 5.96. The number of fused-ring (bicyclic) bond motifs is 1. The lowest BCUT2D eigenvalue weighted by atomic mass is 10.1. The van der Waals surface area contributed by atoms with Gasteiger partial charge < -0.3 is 10.0 Å². The van der Waals surface area contributed by atoms with Crippen molar-refractivity contribution in [3.8, 4) is 0 Å². The zero-order valence-electron chi connectivity index (χ0n) is 13.4. The van der Waals surface area contributed by atoms with Crippen molar-refractivity contribution < 1.29 is 14.7 Å². The van der Waals surface area contributed by atoms with Gasteiger partial charge in [0.15, 0.2) is 0 Å². The van der Waals surface area contributed by atoms with E-state index in [1.807, 2.05) is 38.1 Å². The van der Waals surface area contributed by atoms with Crippen LogP contribution >= 0.6 is 0 Å². The third-order valence-corrected chi connectivity index (χ3v) is 4.14. The van der Waals surface area contributed by atoms with Crippen LogP contribution in [0.4, 0.5) is 5.69 Å². The van der Waals surface area contributed by atoms with E-state index in [2.05, 4.69) is 5.32 Å². The van der Waals surface area contributed by atoms with E-state index < -0.39 is 18.1 Å². The first-order valence-corrected chi connectivity index (χ1v) is 7.85. The summed E-state index contributed by atoms with van der Waals surface area (Å²) in [6, 6.07) is 6.77. The fraction of sp³-hybridized carbons (Fsp3) is 0.529. The molecule has 5 heteroatoms. The van der Waals surface area contributed by atoms with Gasteiger partial charge >= 0.3 is 5.97 Å². The number of para-hydroxylation sites is 1. The van der Waals surface area contributed by atoms with Crippen LogP contribution in [0.3, 0.4) is 0 Å². The smallest absolute Gasteiger partial charge is 0.320 e. The van der Waals surface area contributed by atoms with Gasteiger partial charge in [0, 0.05) is 11.7 Å². The summed E-state index contributed by atoms with van der Waals surface area (Å²) >= 11 is 0. The number of nitrogens with zero attached hydrogens (tertiary/aromatic N) is 1. The molecule has 2 rings (SSSR count). The van der Waals surface area contributed by atoms with E-state index in [1.165, 1.54) is 5.56 Å². The lowest BCUT2D eigenvalue weighted by Gasteiger charge is -2.28. The number of hydrogen-bond acceptors (Lipinski definition) is 3. The minimum Gasteiger partial charge on any atom is -0.480 e. The van der Waals surface area contributed by atoms with Gasteiger partial charge in [-0.05, 0) is 38.3 Å². The predicted molar refractivity (Wildman–Crippen MR) is 86.0 cm³/mol. The lowest BCUT2D eigenvalue weighted by Crippen LogP contribution is -2.52. The summed E-state index contributed by atoms with van der Waals surface area (Å²) in [6.07, 6.45) is 2.11. The minimum atomic E-state index is -0.906. The summed E-state index contributed by atoms with van der Waals surface area (Å²) in [5.41, 5.74) is 2.11. The van der Waals surface area contributed by atoms with Crippen molar-refractivity contribution in [2.45, 2.75) is 58.2 Å². The van der Waals surface area contributed by atoms with E-state index >= 15 is 0 Å². The number of anilines is 1. The zero-order chi connectivity index (χ0) is 16.3. The molecule has 1 aromatic rings. The third kappa shape index (κ3) is 3.30. The first-order chi connectivity index (χ1) is 10.5. The molecular formula is C17H24N2O3. The Bertz CT molecular complexity index is 559. The summed E-state index contributed by atoms with van der Waals surface area (Å²) in [5.74, 6) is -0.976. The van der Waals surface area contributed by atoms with Gasteiger partial charge in [0.25, 0.3) is 0 Å². The average molecular weight is 304 g/mol. The number of amides is 1. The monoisotopic (exact) mass is 304 g/mol. The quantitative estimate of drug-likeness (QED) is 0.845. The van der Waals surface area contributed by atoms with Gasteiger partial charge in [-0.3, -0.25) is 14.9 Å². The van der Waals surface area contributed by atoms with E-state index in [9.17, 15) is 14.7 Å². The Kier molecular flexibility index (Phi) is 5.19. The zero-order valence-corrected chi connectivity index (χ0v) is 13.4. The van der Waals surface area contributed by atoms with Gasteiger partial charge in [0.1, 0.15) is 6.04 Å². The third-order valence-electron chi connectivity index (χ3n) is 4.14. The number of benzene rings is 1. The van der Waals surface area contributed by atoms with Crippen LogP contribution < -0.4 is 10.2 Å². The van der Waals surface area contributed by atoms with E-state index in [4.69, 9.17) is 0 Å². The molecule has 0 spiro atoms. The Balaban J connectivity index is 2.12. The highest BCUT2D eigenvalue weighted by Gasteiger charge is 2.34. The summed E-state index contributed by atoms with van der Waals surface area (Å²) in [7, 11) is 0. The van der Waals surface area contributed by atoms with Gasteiger partial charge in [-0.2, -0.15) is 0 Å².